The number of hydrogen-bond acceptors (Lipinski definition) is 5. The summed E-state index contributed by atoms with van der Waals surface area (Å²) < 4.78 is 10.3. The van der Waals surface area contributed by atoms with Crippen LogP contribution in [0.25, 0.3) is 0 Å². The van der Waals surface area contributed by atoms with Crippen molar-refractivity contribution in [2.24, 2.45) is 0 Å². The predicted octanol–water partition coefficient (Wildman–Crippen LogP) is 0.866. The van der Waals surface area contributed by atoms with Gasteiger partial charge in [-0.1, -0.05) is 5.16 Å². The van der Waals surface area contributed by atoms with Gasteiger partial charge in [-0.15, -0.1) is 0 Å². The first-order chi connectivity index (χ1) is 9.60. The molecule has 20 heavy (non-hydrogen) atoms. The zero-order chi connectivity index (χ0) is 14.3. The molecule has 1 aromatic heterocycles. The average Bonchev–Trinajstić information content (AvgIpc) is 3.02. The summed E-state index contributed by atoms with van der Waals surface area (Å²) in [5, 5.41) is 13.0. The van der Waals surface area contributed by atoms with E-state index in [1.54, 1.807) is 6.07 Å². The Bertz CT molecular complexity index is 537. The summed E-state index contributed by atoms with van der Waals surface area (Å²) in [5.41, 5.74) is 0.176. The molecule has 108 valence electrons. The van der Waals surface area contributed by atoms with Crippen molar-refractivity contribution in [3.05, 3.63) is 17.5 Å². The number of carboxylic acids is 1. The number of aromatic nitrogens is 1. The fraction of sp³-hybridized carbons (Fsp3) is 0.615. The zero-order valence-corrected chi connectivity index (χ0v) is 11.1. The third kappa shape index (κ3) is 2.29. The minimum Gasteiger partial charge on any atom is -0.480 e. The van der Waals surface area contributed by atoms with Gasteiger partial charge >= 0.3 is 5.97 Å². The minimum absolute atomic E-state index is 0.176. The molecule has 0 radical (unpaired) electrons. The summed E-state index contributed by atoms with van der Waals surface area (Å²) in [5.74, 6) is -0.358. The Hall–Kier alpha value is -1.89. The number of likely N-dealkylation sites (tertiary alicyclic amines) is 1. The summed E-state index contributed by atoms with van der Waals surface area (Å²) in [4.78, 5) is 24.9. The SMILES string of the molecule is CO[C@H]1C[C@@H](C(=O)O)N(C(=O)c2cc(C3CC3)on2)C1. The van der Waals surface area contributed by atoms with E-state index >= 15 is 0 Å². The van der Waals surface area contributed by atoms with Gasteiger partial charge in [0, 0.05) is 32.1 Å². The number of carbonyl (C=O) groups excluding carboxylic acids is 1. The van der Waals surface area contributed by atoms with Gasteiger partial charge in [0.15, 0.2) is 5.69 Å². The summed E-state index contributed by atoms with van der Waals surface area (Å²) >= 11 is 0. The molecule has 2 heterocycles. The number of nitrogens with zero attached hydrogens (tertiary/aromatic N) is 2. The Morgan fingerprint density at radius 3 is 2.85 bits per heavy atom. The van der Waals surface area contributed by atoms with Crippen molar-refractivity contribution in [3.8, 4) is 0 Å². The first-order valence-corrected chi connectivity index (χ1v) is 6.63. The van der Waals surface area contributed by atoms with E-state index in [-0.39, 0.29) is 18.3 Å². The van der Waals surface area contributed by atoms with Crippen molar-refractivity contribution in [2.75, 3.05) is 13.7 Å². The molecule has 3 rings (SSSR count). The van der Waals surface area contributed by atoms with E-state index in [0.29, 0.717) is 18.1 Å². The van der Waals surface area contributed by atoms with Gasteiger partial charge in [-0.05, 0) is 12.8 Å². The minimum atomic E-state index is -1.02. The number of carboxylic acid groups (broad SMARTS) is 1. The maximum atomic E-state index is 12.4. The van der Waals surface area contributed by atoms with E-state index in [4.69, 9.17) is 9.26 Å². The summed E-state index contributed by atoms with van der Waals surface area (Å²) in [6.07, 6.45) is 2.15. The fourth-order valence-electron chi connectivity index (χ4n) is 2.52. The molecule has 0 aromatic carbocycles. The first-order valence-electron chi connectivity index (χ1n) is 6.63. The summed E-state index contributed by atoms with van der Waals surface area (Å²) in [7, 11) is 1.51. The molecule has 0 spiro atoms. The molecule has 1 saturated carbocycles. The number of ether oxygens (including phenoxy) is 1. The van der Waals surface area contributed by atoms with Gasteiger partial charge in [0.25, 0.3) is 5.91 Å². The van der Waals surface area contributed by atoms with E-state index in [9.17, 15) is 14.7 Å². The maximum absolute atomic E-state index is 12.4. The van der Waals surface area contributed by atoms with E-state index < -0.39 is 17.9 Å². The van der Waals surface area contributed by atoms with Crippen LogP contribution in [0, 0.1) is 0 Å². The quantitative estimate of drug-likeness (QED) is 0.879. The topological polar surface area (TPSA) is 92.9 Å². The first kappa shape index (κ1) is 13.1. The Kier molecular flexibility index (Phi) is 3.21. The van der Waals surface area contributed by atoms with E-state index in [1.165, 1.54) is 12.0 Å². The highest BCUT2D eigenvalue weighted by molar-refractivity contribution is 5.95. The summed E-state index contributed by atoms with van der Waals surface area (Å²) in [6, 6.07) is 0.757. The van der Waals surface area contributed by atoms with Crippen LogP contribution in [0.15, 0.2) is 10.6 Å². The summed E-state index contributed by atoms with van der Waals surface area (Å²) in [6.45, 7) is 0.262. The van der Waals surface area contributed by atoms with Gasteiger partial charge < -0.3 is 19.3 Å². The molecule has 1 N–H and O–H groups in total. The Labute approximate surface area is 115 Å². The Balaban J connectivity index is 1.78. The Morgan fingerprint density at radius 2 is 2.25 bits per heavy atom. The van der Waals surface area contributed by atoms with Crippen LogP contribution < -0.4 is 0 Å². The van der Waals surface area contributed by atoms with Crippen molar-refractivity contribution in [3.63, 3.8) is 0 Å². The highest BCUT2D eigenvalue weighted by Gasteiger charge is 2.41. The van der Waals surface area contributed by atoms with E-state index in [1.807, 2.05) is 0 Å². The molecule has 7 nitrogen and oxygen atoms in total. The predicted molar refractivity (Wildman–Crippen MR) is 66.4 cm³/mol. The lowest BCUT2D eigenvalue weighted by Gasteiger charge is -2.19. The van der Waals surface area contributed by atoms with Crippen LogP contribution in [0.3, 0.4) is 0 Å². The second-order valence-electron chi connectivity index (χ2n) is 5.29. The number of carbonyl (C=O) groups is 2. The monoisotopic (exact) mass is 280 g/mol. The zero-order valence-electron chi connectivity index (χ0n) is 11.1. The van der Waals surface area contributed by atoms with Gasteiger partial charge in [-0.25, -0.2) is 4.79 Å². The van der Waals surface area contributed by atoms with Gasteiger partial charge in [-0.3, -0.25) is 4.79 Å². The van der Waals surface area contributed by atoms with Crippen LogP contribution in [0.4, 0.5) is 0 Å². The lowest BCUT2D eigenvalue weighted by molar-refractivity contribution is -0.141. The molecule has 1 saturated heterocycles. The van der Waals surface area contributed by atoms with Crippen LogP contribution in [0.5, 0.6) is 0 Å². The van der Waals surface area contributed by atoms with Crippen LogP contribution in [-0.2, 0) is 9.53 Å². The molecule has 1 aliphatic heterocycles. The number of aliphatic carboxylic acids is 1. The van der Waals surface area contributed by atoms with Crippen molar-refractivity contribution in [1.82, 2.24) is 10.1 Å². The van der Waals surface area contributed by atoms with Crippen molar-refractivity contribution >= 4 is 11.9 Å². The second-order valence-corrected chi connectivity index (χ2v) is 5.29. The van der Waals surface area contributed by atoms with Gasteiger partial charge in [0.05, 0.1) is 6.10 Å². The van der Waals surface area contributed by atoms with Gasteiger partial charge in [-0.2, -0.15) is 0 Å². The highest BCUT2D eigenvalue weighted by atomic mass is 16.5. The van der Waals surface area contributed by atoms with Crippen molar-refractivity contribution < 1.29 is 24.0 Å². The van der Waals surface area contributed by atoms with E-state index in [2.05, 4.69) is 5.16 Å². The average molecular weight is 280 g/mol. The third-order valence-electron chi connectivity index (χ3n) is 3.87. The standard InChI is InChI=1S/C13H16N2O5/c1-19-8-4-10(13(17)18)15(6-8)12(16)9-5-11(20-14-9)7-2-3-7/h5,7-8,10H,2-4,6H2,1H3,(H,17,18)/t8-,10-/m0/s1. The molecule has 2 atom stereocenters. The van der Waals surface area contributed by atoms with Crippen LogP contribution in [-0.4, -0.2) is 52.8 Å². The number of rotatable bonds is 4. The largest absolute Gasteiger partial charge is 0.480 e. The van der Waals surface area contributed by atoms with Crippen molar-refractivity contribution in [2.45, 2.75) is 37.3 Å². The van der Waals surface area contributed by atoms with Crippen LogP contribution in [0.2, 0.25) is 0 Å². The van der Waals surface area contributed by atoms with Gasteiger partial charge in [0.2, 0.25) is 0 Å². The number of methoxy groups -OCH3 is 1. The lowest BCUT2D eigenvalue weighted by Crippen LogP contribution is -2.40. The molecular weight excluding hydrogens is 264 g/mol. The molecule has 2 fully saturated rings. The van der Waals surface area contributed by atoms with E-state index in [0.717, 1.165) is 12.8 Å². The third-order valence-corrected chi connectivity index (χ3v) is 3.87. The van der Waals surface area contributed by atoms with Crippen molar-refractivity contribution in [1.29, 1.82) is 0 Å². The lowest BCUT2D eigenvalue weighted by atomic mass is 10.2. The number of amides is 1. The van der Waals surface area contributed by atoms with Crippen LogP contribution in [0.1, 0.15) is 41.4 Å². The number of hydrogen-bond donors (Lipinski definition) is 1. The fourth-order valence-corrected chi connectivity index (χ4v) is 2.52. The second kappa shape index (κ2) is 4.90. The smallest absolute Gasteiger partial charge is 0.326 e. The van der Waals surface area contributed by atoms with Gasteiger partial charge in [0.1, 0.15) is 11.8 Å². The molecule has 1 aromatic rings. The molecular formula is C13H16N2O5. The molecule has 0 unspecified atom stereocenters. The molecule has 1 aliphatic carbocycles. The Morgan fingerprint density at radius 1 is 1.50 bits per heavy atom. The highest BCUT2D eigenvalue weighted by Crippen LogP contribution is 2.40. The maximum Gasteiger partial charge on any atom is 0.326 e. The normalized spacial score (nSPS) is 25.9. The molecule has 0 bridgehead atoms. The van der Waals surface area contributed by atoms with Crippen LogP contribution >= 0.6 is 0 Å². The molecule has 7 heteroatoms. The molecule has 2 aliphatic rings. The molecule has 1 amide bonds.